The van der Waals surface area contributed by atoms with Gasteiger partial charge in [-0.05, 0) is 49.8 Å². The predicted molar refractivity (Wildman–Crippen MR) is 62.9 cm³/mol. The summed E-state index contributed by atoms with van der Waals surface area (Å²) >= 11 is 1.47. The van der Waals surface area contributed by atoms with Crippen molar-refractivity contribution in [3.05, 3.63) is 29.6 Å². The summed E-state index contributed by atoms with van der Waals surface area (Å²) in [4.78, 5) is 0.755. The number of thioether (sulfide) groups is 1. The van der Waals surface area contributed by atoms with E-state index in [9.17, 15) is 4.39 Å². The van der Waals surface area contributed by atoms with Crippen molar-refractivity contribution in [2.24, 2.45) is 0 Å². The van der Waals surface area contributed by atoms with Crippen LogP contribution in [-0.4, -0.2) is 18.8 Å². The smallest absolute Gasteiger partial charge is 0.136 e. The van der Waals surface area contributed by atoms with Gasteiger partial charge in [0.15, 0.2) is 0 Å². The Kier molecular flexibility index (Phi) is 3.65. The summed E-state index contributed by atoms with van der Waals surface area (Å²) in [7, 11) is 0. The van der Waals surface area contributed by atoms with Crippen molar-refractivity contribution < 1.29 is 4.39 Å². The van der Waals surface area contributed by atoms with Crippen molar-refractivity contribution in [2.45, 2.75) is 30.2 Å². The van der Waals surface area contributed by atoms with Gasteiger partial charge < -0.3 is 5.32 Å². The van der Waals surface area contributed by atoms with Gasteiger partial charge in [0.25, 0.3) is 0 Å². The molecule has 0 amide bonds. The largest absolute Gasteiger partial charge is 0.314 e. The third-order valence-electron chi connectivity index (χ3n) is 2.86. The molecule has 1 nitrogen and oxygen atoms in total. The molecule has 0 spiro atoms. The van der Waals surface area contributed by atoms with Gasteiger partial charge >= 0.3 is 0 Å². The second-order valence-corrected chi connectivity index (χ2v) is 4.81. The van der Waals surface area contributed by atoms with Gasteiger partial charge in [0, 0.05) is 10.9 Å². The molecule has 1 aromatic rings. The van der Waals surface area contributed by atoms with Crippen LogP contribution in [0.3, 0.4) is 0 Å². The Hall–Kier alpha value is -0.540. The quantitative estimate of drug-likeness (QED) is 0.794. The van der Waals surface area contributed by atoms with E-state index >= 15 is 0 Å². The molecule has 2 rings (SSSR count). The second kappa shape index (κ2) is 4.99. The second-order valence-electron chi connectivity index (χ2n) is 3.97. The maximum absolute atomic E-state index is 13.2. The van der Waals surface area contributed by atoms with Gasteiger partial charge in [0.05, 0.1) is 0 Å². The lowest BCUT2D eigenvalue weighted by Gasteiger charge is -2.11. The summed E-state index contributed by atoms with van der Waals surface area (Å²) in [5.74, 6) is -0.106. The van der Waals surface area contributed by atoms with Gasteiger partial charge in [-0.25, -0.2) is 4.39 Å². The summed E-state index contributed by atoms with van der Waals surface area (Å²) in [6.45, 7) is 1.13. The highest BCUT2D eigenvalue weighted by molar-refractivity contribution is 7.98. The van der Waals surface area contributed by atoms with Crippen LogP contribution in [0.25, 0.3) is 0 Å². The van der Waals surface area contributed by atoms with E-state index in [1.165, 1.54) is 30.2 Å². The van der Waals surface area contributed by atoms with E-state index in [1.54, 1.807) is 6.07 Å². The van der Waals surface area contributed by atoms with E-state index in [1.807, 2.05) is 18.4 Å². The summed E-state index contributed by atoms with van der Waals surface area (Å²) in [6.07, 6.45) is 5.44. The normalized spacial score (nSPS) is 20.8. The molecule has 1 heterocycles. The molecule has 15 heavy (non-hydrogen) atoms. The van der Waals surface area contributed by atoms with Crippen LogP contribution in [0.2, 0.25) is 0 Å². The number of rotatable bonds is 3. The number of halogens is 1. The van der Waals surface area contributed by atoms with Gasteiger partial charge in [0.2, 0.25) is 0 Å². The zero-order valence-electron chi connectivity index (χ0n) is 8.92. The summed E-state index contributed by atoms with van der Waals surface area (Å²) < 4.78 is 13.2. The molecule has 1 aliphatic heterocycles. The van der Waals surface area contributed by atoms with Crippen LogP contribution in [0.15, 0.2) is 23.1 Å². The molecule has 82 valence electrons. The predicted octanol–water partition coefficient (Wildman–Crippen LogP) is 2.84. The lowest BCUT2D eigenvalue weighted by atomic mass is 10.0. The standard InChI is InChI=1S/C12H16FNS/c1-15-12-8-9(4-5-11(12)13)7-10-3-2-6-14-10/h4-5,8,10,14H,2-3,6-7H2,1H3. The van der Waals surface area contributed by atoms with Crippen LogP contribution in [0.4, 0.5) is 4.39 Å². The zero-order valence-corrected chi connectivity index (χ0v) is 9.74. The number of nitrogens with one attached hydrogen (secondary N) is 1. The number of benzene rings is 1. The number of hydrogen-bond donors (Lipinski definition) is 1. The van der Waals surface area contributed by atoms with Gasteiger partial charge in [-0.3, -0.25) is 0 Å². The van der Waals surface area contributed by atoms with Crippen LogP contribution >= 0.6 is 11.8 Å². The molecule has 0 aliphatic carbocycles. The Balaban J connectivity index is 2.07. The summed E-state index contributed by atoms with van der Waals surface area (Å²) in [6, 6.07) is 6.04. The summed E-state index contributed by atoms with van der Waals surface area (Å²) in [5.41, 5.74) is 1.24. The van der Waals surface area contributed by atoms with E-state index < -0.39 is 0 Å². The molecular formula is C12H16FNS. The minimum absolute atomic E-state index is 0.106. The average Bonchev–Trinajstić information content (AvgIpc) is 2.73. The van der Waals surface area contributed by atoms with Crippen molar-refractivity contribution in [3.63, 3.8) is 0 Å². The minimum Gasteiger partial charge on any atom is -0.314 e. The Morgan fingerprint density at radius 1 is 1.53 bits per heavy atom. The first kappa shape index (κ1) is 11.0. The first-order valence-electron chi connectivity index (χ1n) is 5.35. The Labute approximate surface area is 94.5 Å². The average molecular weight is 225 g/mol. The Bertz CT molecular complexity index is 334. The van der Waals surface area contributed by atoms with Crippen molar-refractivity contribution in [3.8, 4) is 0 Å². The molecular weight excluding hydrogens is 209 g/mol. The lowest BCUT2D eigenvalue weighted by Crippen LogP contribution is -2.23. The van der Waals surface area contributed by atoms with Gasteiger partial charge in [0.1, 0.15) is 5.82 Å². The maximum atomic E-state index is 13.2. The molecule has 0 saturated carbocycles. The fraction of sp³-hybridized carbons (Fsp3) is 0.500. The van der Waals surface area contributed by atoms with Crippen molar-refractivity contribution in [2.75, 3.05) is 12.8 Å². The molecule has 1 N–H and O–H groups in total. The molecule has 1 atom stereocenters. The molecule has 1 saturated heterocycles. The van der Waals surface area contributed by atoms with Gasteiger partial charge in [-0.1, -0.05) is 6.07 Å². The first-order valence-corrected chi connectivity index (χ1v) is 6.58. The third-order valence-corrected chi connectivity index (χ3v) is 3.61. The highest BCUT2D eigenvalue weighted by Crippen LogP contribution is 2.22. The van der Waals surface area contributed by atoms with Crippen molar-refractivity contribution in [1.29, 1.82) is 0 Å². The molecule has 0 bridgehead atoms. The summed E-state index contributed by atoms with van der Waals surface area (Å²) in [5, 5.41) is 3.46. The molecule has 1 fully saturated rings. The van der Waals surface area contributed by atoms with E-state index in [-0.39, 0.29) is 5.82 Å². The molecule has 3 heteroatoms. The van der Waals surface area contributed by atoms with E-state index in [0.29, 0.717) is 6.04 Å². The fourth-order valence-electron chi connectivity index (χ4n) is 2.05. The SMILES string of the molecule is CSc1cc(CC2CCCN2)ccc1F. The third kappa shape index (κ3) is 2.73. The number of hydrogen-bond acceptors (Lipinski definition) is 2. The molecule has 0 aromatic heterocycles. The van der Waals surface area contributed by atoms with Crippen molar-refractivity contribution in [1.82, 2.24) is 5.32 Å². The Morgan fingerprint density at radius 3 is 3.07 bits per heavy atom. The monoisotopic (exact) mass is 225 g/mol. The van der Waals surface area contributed by atoms with Crippen molar-refractivity contribution >= 4 is 11.8 Å². The van der Waals surface area contributed by atoms with E-state index in [4.69, 9.17) is 0 Å². The fourth-order valence-corrected chi connectivity index (χ4v) is 2.58. The van der Waals surface area contributed by atoms with Crippen LogP contribution in [-0.2, 0) is 6.42 Å². The highest BCUT2D eigenvalue weighted by Gasteiger charge is 2.14. The van der Waals surface area contributed by atoms with Crippen LogP contribution in [0.1, 0.15) is 18.4 Å². The van der Waals surface area contributed by atoms with Crippen LogP contribution in [0.5, 0.6) is 0 Å². The zero-order chi connectivity index (χ0) is 10.7. The van der Waals surface area contributed by atoms with Gasteiger partial charge in [-0.15, -0.1) is 11.8 Å². The minimum atomic E-state index is -0.106. The lowest BCUT2D eigenvalue weighted by molar-refractivity contribution is 0.587. The van der Waals surface area contributed by atoms with Gasteiger partial charge in [-0.2, -0.15) is 0 Å². The highest BCUT2D eigenvalue weighted by atomic mass is 32.2. The Morgan fingerprint density at radius 2 is 2.40 bits per heavy atom. The van der Waals surface area contributed by atoms with Crippen LogP contribution in [0, 0.1) is 5.82 Å². The van der Waals surface area contributed by atoms with E-state index in [0.717, 1.165) is 17.9 Å². The molecule has 1 unspecified atom stereocenters. The maximum Gasteiger partial charge on any atom is 0.136 e. The van der Waals surface area contributed by atoms with Crippen LogP contribution < -0.4 is 5.32 Å². The van der Waals surface area contributed by atoms with E-state index in [2.05, 4.69) is 5.32 Å². The molecule has 0 radical (unpaired) electrons. The molecule has 1 aromatic carbocycles. The molecule has 1 aliphatic rings. The topological polar surface area (TPSA) is 12.0 Å². The first-order chi connectivity index (χ1) is 7.29.